The van der Waals surface area contributed by atoms with Crippen molar-refractivity contribution in [3.8, 4) is 0 Å². The molecule has 0 spiro atoms. The third-order valence-electron chi connectivity index (χ3n) is 2.81. The van der Waals surface area contributed by atoms with Gasteiger partial charge in [-0.1, -0.05) is 13.0 Å². The Labute approximate surface area is 91.3 Å². The maximum Gasteiger partial charge on any atom is 0.123 e. The zero-order chi connectivity index (χ0) is 10.7. The molecule has 0 atom stereocenters. The van der Waals surface area contributed by atoms with Gasteiger partial charge in [0.1, 0.15) is 5.82 Å². The molecular formula is C12H19N3. The van der Waals surface area contributed by atoms with Gasteiger partial charge in [0, 0.05) is 18.8 Å². The molecule has 1 heterocycles. The zero-order valence-electron chi connectivity index (χ0n) is 9.32. The highest BCUT2D eigenvalue weighted by molar-refractivity contribution is 5.29. The third kappa shape index (κ3) is 2.93. The van der Waals surface area contributed by atoms with Crippen molar-refractivity contribution < 1.29 is 0 Å². The molecule has 1 aromatic heterocycles. The second-order valence-corrected chi connectivity index (χ2v) is 4.29. The van der Waals surface area contributed by atoms with E-state index in [4.69, 9.17) is 5.73 Å². The Hall–Kier alpha value is -1.09. The summed E-state index contributed by atoms with van der Waals surface area (Å²) in [6.45, 7) is 4.44. The average Bonchev–Trinajstić information content (AvgIpc) is 3.04. The van der Waals surface area contributed by atoms with Crippen LogP contribution in [0.15, 0.2) is 18.3 Å². The quantitative estimate of drug-likeness (QED) is 0.799. The summed E-state index contributed by atoms with van der Waals surface area (Å²) >= 11 is 0. The monoisotopic (exact) mass is 205 g/mol. The predicted octanol–water partition coefficient (Wildman–Crippen LogP) is 2.04. The van der Waals surface area contributed by atoms with Crippen molar-refractivity contribution in [3.63, 3.8) is 0 Å². The van der Waals surface area contributed by atoms with E-state index in [0.717, 1.165) is 12.6 Å². The number of anilines is 1. The van der Waals surface area contributed by atoms with Gasteiger partial charge in [-0.25, -0.2) is 4.98 Å². The predicted molar refractivity (Wildman–Crippen MR) is 62.4 cm³/mol. The highest BCUT2D eigenvalue weighted by atomic mass is 15.2. The molecule has 0 aromatic carbocycles. The molecular weight excluding hydrogens is 186 g/mol. The normalized spacial score (nSPS) is 15.9. The van der Waals surface area contributed by atoms with Crippen LogP contribution in [0.4, 0.5) is 5.82 Å². The topological polar surface area (TPSA) is 42.1 Å². The summed E-state index contributed by atoms with van der Waals surface area (Å²) < 4.78 is 0. The number of hydrogen-bond donors (Lipinski definition) is 1. The lowest BCUT2D eigenvalue weighted by Gasteiger charge is -2.20. The van der Waals surface area contributed by atoms with E-state index in [0.29, 0.717) is 5.82 Å². The van der Waals surface area contributed by atoms with Gasteiger partial charge in [-0.15, -0.1) is 0 Å². The first-order chi connectivity index (χ1) is 7.29. The zero-order valence-corrected chi connectivity index (χ0v) is 9.32. The molecule has 1 aromatic rings. The number of pyridine rings is 1. The van der Waals surface area contributed by atoms with Crippen LogP contribution in [0, 0.1) is 0 Å². The fraction of sp³-hybridized carbons (Fsp3) is 0.583. The molecule has 2 N–H and O–H groups in total. The van der Waals surface area contributed by atoms with Crippen LogP contribution in [0.2, 0.25) is 0 Å². The summed E-state index contributed by atoms with van der Waals surface area (Å²) in [6.07, 6.45) is 5.84. The molecule has 0 aliphatic heterocycles. The van der Waals surface area contributed by atoms with Crippen molar-refractivity contribution in [1.29, 1.82) is 0 Å². The number of hydrogen-bond acceptors (Lipinski definition) is 3. The van der Waals surface area contributed by atoms with Crippen LogP contribution in [0.1, 0.15) is 31.7 Å². The van der Waals surface area contributed by atoms with Crippen molar-refractivity contribution in [1.82, 2.24) is 9.88 Å². The molecule has 0 radical (unpaired) electrons. The van der Waals surface area contributed by atoms with Gasteiger partial charge in [-0.3, -0.25) is 4.90 Å². The maximum atomic E-state index is 5.56. The summed E-state index contributed by atoms with van der Waals surface area (Å²) in [7, 11) is 0. The van der Waals surface area contributed by atoms with Gasteiger partial charge >= 0.3 is 0 Å². The maximum absolute atomic E-state index is 5.56. The van der Waals surface area contributed by atoms with Gasteiger partial charge in [0.05, 0.1) is 0 Å². The Morgan fingerprint density at radius 2 is 2.27 bits per heavy atom. The Morgan fingerprint density at radius 3 is 2.80 bits per heavy atom. The third-order valence-corrected chi connectivity index (χ3v) is 2.81. The first-order valence-electron chi connectivity index (χ1n) is 5.74. The second-order valence-electron chi connectivity index (χ2n) is 4.29. The van der Waals surface area contributed by atoms with Crippen LogP contribution in [-0.2, 0) is 6.54 Å². The summed E-state index contributed by atoms with van der Waals surface area (Å²) in [5, 5.41) is 0. The minimum Gasteiger partial charge on any atom is -0.384 e. The largest absolute Gasteiger partial charge is 0.384 e. The molecule has 0 bridgehead atoms. The molecule has 1 aliphatic carbocycles. The lowest BCUT2D eigenvalue weighted by atomic mass is 10.2. The number of rotatable bonds is 5. The van der Waals surface area contributed by atoms with Crippen LogP contribution in [0.25, 0.3) is 0 Å². The van der Waals surface area contributed by atoms with Crippen LogP contribution in [0.5, 0.6) is 0 Å². The van der Waals surface area contributed by atoms with E-state index >= 15 is 0 Å². The van der Waals surface area contributed by atoms with Crippen LogP contribution in [-0.4, -0.2) is 22.5 Å². The van der Waals surface area contributed by atoms with Crippen LogP contribution < -0.4 is 5.73 Å². The van der Waals surface area contributed by atoms with Crippen molar-refractivity contribution in [2.75, 3.05) is 12.3 Å². The highest BCUT2D eigenvalue weighted by Crippen LogP contribution is 2.28. The minimum absolute atomic E-state index is 0.604. The molecule has 1 aliphatic rings. The van der Waals surface area contributed by atoms with E-state index in [1.165, 1.54) is 31.4 Å². The van der Waals surface area contributed by atoms with Gasteiger partial charge in [-0.05, 0) is 37.4 Å². The first kappa shape index (κ1) is 10.4. The SMILES string of the molecule is CCCN(Cc1ccc(N)nc1)C1CC1. The van der Waals surface area contributed by atoms with E-state index in [1.807, 2.05) is 12.3 Å². The van der Waals surface area contributed by atoms with Crippen molar-refractivity contribution in [2.45, 2.75) is 38.8 Å². The fourth-order valence-corrected chi connectivity index (χ4v) is 1.88. The molecule has 0 amide bonds. The lowest BCUT2D eigenvalue weighted by Crippen LogP contribution is -2.26. The molecule has 3 nitrogen and oxygen atoms in total. The Morgan fingerprint density at radius 1 is 1.47 bits per heavy atom. The number of nitrogens with zero attached hydrogens (tertiary/aromatic N) is 2. The Bertz CT molecular complexity index is 303. The summed E-state index contributed by atoms with van der Waals surface area (Å²) in [4.78, 5) is 6.67. The van der Waals surface area contributed by atoms with Crippen LogP contribution >= 0.6 is 0 Å². The van der Waals surface area contributed by atoms with E-state index in [1.54, 1.807) is 0 Å². The molecule has 0 saturated heterocycles. The molecule has 2 rings (SSSR count). The van der Waals surface area contributed by atoms with Crippen molar-refractivity contribution >= 4 is 5.82 Å². The second kappa shape index (κ2) is 4.62. The highest BCUT2D eigenvalue weighted by Gasteiger charge is 2.28. The van der Waals surface area contributed by atoms with E-state index in [-0.39, 0.29) is 0 Å². The molecule has 82 valence electrons. The summed E-state index contributed by atoms with van der Waals surface area (Å²) in [5.74, 6) is 0.604. The van der Waals surface area contributed by atoms with E-state index in [9.17, 15) is 0 Å². The van der Waals surface area contributed by atoms with E-state index in [2.05, 4.69) is 22.9 Å². The average molecular weight is 205 g/mol. The number of aromatic nitrogens is 1. The van der Waals surface area contributed by atoms with Gasteiger partial charge in [0.15, 0.2) is 0 Å². The molecule has 0 unspecified atom stereocenters. The standard InChI is InChI=1S/C12H19N3/c1-2-7-15(11-4-5-11)9-10-3-6-12(13)14-8-10/h3,6,8,11H,2,4-5,7,9H2,1H3,(H2,13,14). The lowest BCUT2D eigenvalue weighted by molar-refractivity contribution is 0.255. The van der Waals surface area contributed by atoms with Gasteiger partial charge in [0.2, 0.25) is 0 Å². The summed E-state index contributed by atoms with van der Waals surface area (Å²) in [5.41, 5.74) is 6.83. The van der Waals surface area contributed by atoms with Crippen molar-refractivity contribution in [3.05, 3.63) is 23.9 Å². The van der Waals surface area contributed by atoms with Gasteiger partial charge in [-0.2, -0.15) is 0 Å². The molecule has 15 heavy (non-hydrogen) atoms. The van der Waals surface area contributed by atoms with Crippen molar-refractivity contribution in [2.24, 2.45) is 0 Å². The molecule has 1 fully saturated rings. The molecule has 1 saturated carbocycles. The first-order valence-corrected chi connectivity index (χ1v) is 5.74. The minimum atomic E-state index is 0.604. The van der Waals surface area contributed by atoms with Gasteiger partial charge < -0.3 is 5.73 Å². The fourth-order valence-electron chi connectivity index (χ4n) is 1.88. The Balaban J connectivity index is 1.95. The van der Waals surface area contributed by atoms with Crippen LogP contribution in [0.3, 0.4) is 0 Å². The summed E-state index contributed by atoms with van der Waals surface area (Å²) in [6, 6.07) is 4.78. The number of nitrogen functional groups attached to an aromatic ring is 1. The number of nitrogens with two attached hydrogens (primary N) is 1. The van der Waals surface area contributed by atoms with E-state index < -0.39 is 0 Å². The smallest absolute Gasteiger partial charge is 0.123 e. The molecule has 3 heteroatoms. The van der Waals surface area contributed by atoms with Gasteiger partial charge in [0.25, 0.3) is 0 Å². The Kier molecular flexibility index (Phi) is 3.21.